The Kier molecular flexibility index (Phi) is 6.77. The van der Waals surface area contributed by atoms with Crippen molar-refractivity contribution in [3.8, 4) is 0 Å². The van der Waals surface area contributed by atoms with Crippen LogP contribution in [0.5, 0.6) is 0 Å². The maximum absolute atomic E-state index is 5.93. The quantitative estimate of drug-likeness (QED) is 0.647. The van der Waals surface area contributed by atoms with E-state index in [0.29, 0.717) is 6.61 Å². The number of ether oxygens (including phenoxy) is 1. The molecule has 0 radical (unpaired) electrons. The molecule has 1 aromatic heterocycles. The highest BCUT2D eigenvalue weighted by molar-refractivity contribution is 5.82. The Labute approximate surface area is 127 Å². The summed E-state index contributed by atoms with van der Waals surface area (Å²) in [5.74, 6) is 0.958. The summed E-state index contributed by atoms with van der Waals surface area (Å²) in [4.78, 5) is 0. The van der Waals surface area contributed by atoms with Gasteiger partial charge in [0.2, 0.25) is 0 Å². The summed E-state index contributed by atoms with van der Waals surface area (Å²) >= 11 is 0. The highest BCUT2D eigenvalue weighted by Gasteiger charge is 2.12. The van der Waals surface area contributed by atoms with E-state index in [1.54, 1.807) is 0 Å². The highest BCUT2D eigenvalue weighted by Crippen LogP contribution is 2.26. The van der Waals surface area contributed by atoms with Gasteiger partial charge in [-0.15, -0.1) is 0 Å². The van der Waals surface area contributed by atoms with Crippen LogP contribution >= 0.6 is 0 Å². The predicted octanol–water partition coefficient (Wildman–Crippen LogP) is 4.64. The maximum atomic E-state index is 5.93. The van der Waals surface area contributed by atoms with Crippen molar-refractivity contribution in [3.63, 3.8) is 0 Å². The third kappa shape index (κ3) is 4.58. The van der Waals surface area contributed by atoms with Crippen molar-refractivity contribution in [2.45, 2.75) is 52.2 Å². The summed E-state index contributed by atoms with van der Waals surface area (Å²) in [5, 5.41) is 4.40. The number of rotatable bonds is 10. The fraction of sp³-hybridized carbons (Fsp3) is 0.556. The first kappa shape index (κ1) is 16.1. The summed E-state index contributed by atoms with van der Waals surface area (Å²) in [6.45, 7) is 4.44. The molecule has 21 heavy (non-hydrogen) atoms. The number of benzene rings is 1. The van der Waals surface area contributed by atoms with Gasteiger partial charge in [0.15, 0.2) is 0 Å². The second-order valence-electron chi connectivity index (χ2n) is 5.50. The number of hydrogen-bond acceptors (Lipinski definition) is 3. The lowest BCUT2D eigenvalue weighted by atomic mass is 10.1. The van der Waals surface area contributed by atoms with E-state index in [1.165, 1.54) is 36.6 Å². The van der Waals surface area contributed by atoms with Crippen LogP contribution in [0.1, 0.15) is 50.4 Å². The molecule has 0 aliphatic rings. The number of hydrogen-bond donors (Lipinski definition) is 1. The summed E-state index contributed by atoms with van der Waals surface area (Å²) < 4.78 is 11.7. The lowest BCUT2D eigenvalue weighted by molar-refractivity contribution is 0.103. The molecule has 1 heterocycles. The molecule has 0 unspecified atom stereocenters. The molecular weight excluding hydrogens is 262 g/mol. The van der Waals surface area contributed by atoms with Gasteiger partial charge in [-0.3, -0.25) is 0 Å². The molecule has 1 aromatic carbocycles. The normalized spacial score (nSPS) is 11.3. The van der Waals surface area contributed by atoms with E-state index in [1.807, 2.05) is 19.2 Å². The predicted molar refractivity (Wildman–Crippen MR) is 87.4 cm³/mol. The Balaban J connectivity index is 1.87. The largest absolute Gasteiger partial charge is 0.458 e. The van der Waals surface area contributed by atoms with Gasteiger partial charge in [0, 0.05) is 24.1 Å². The SMILES string of the molecule is CCCCCCCOCc1oc2ccccc2c1CNC. The zero-order valence-corrected chi connectivity index (χ0v) is 13.3. The first-order chi connectivity index (χ1) is 10.4. The minimum absolute atomic E-state index is 0.569. The fourth-order valence-electron chi connectivity index (χ4n) is 2.61. The Morgan fingerprint density at radius 2 is 1.90 bits per heavy atom. The highest BCUT2D eigenvalue weighted by atomic mass is 16.5. The Morgan fingerprint density at radius 1 is 1.10 bits per heavy atom. The number of furan rings is 1. The second-order valence-corrected chi connectivity index (χ2v) is 5.50. The van der Waals surface area contributed by atoms with Crippen molar-refractivity contribution >= 4 is 11.0 Å². The van der Waals surface area contributed by atoms with Crippen LogP contribution in [-0.4, -0.2) is 13.7 Å². The van der Waals surface area contributed by atoms with E-state index in [4.69, 9.17) is 9.15 Å². The van der Waals surface area contributed by atoms with E-state index in [0.717, 1.165) is 30.9 Å². The smallest absolute Gasteiger partial charge is 0.135 e. The summed E-state index contributed by atoms with van der Waals surface area (Å²) in [6, 6.07) is 8.19. The minimum Gasteiger partial charge on any atom is -0.458 e. The number of nitrogens with one attached hydrogen (secondary N) is 1. The monoisotopic (exact) mass is 289 g/mol. The van der Waals surface area contributed by atoms with Gasteiger partial charge in [0.05, 0.1) is 0 Å². The van der Waals surface area contributed by atoms with Crippen LogP contribution in [-0.2, 0) is 17.9 Å². The molecule has 0 aliphatic carbocycles. The van der Waals surface area contributed by atoms with Crippen molar-refractivity contribution in [2.75, 3.05) is 13.7 Å². The van der Waals surface area contributed by atoms with E-state index in [2.05, 4.69) is 24.4 Å². The fourth-order valence-corrected chi connectivity index (χ4v) is 2.61. The summed E-state index contributed by atoms with van der Waals surface area (Å²) in [6.07, 6.45) is 6.33. The summed E-state index contributed by atoms with van der Waals surface area (Å²) in [7, 11) is 1.96. The Hall–Kier alpha value is -1.32. The molecule has 0 aliphatic heterocycles. The summed E-state index contributed by atoms with van der Waals surface area (Å²) in [5.41, 5.74) is 2.17. The van der Waals surface area contributed by atoms with Crippen LogP contribution in [0.25, 0.3) is 11.0 Å². The van der Waals surface area contributed by atoms with Gasteiger partial charge in [-0.05, 0) is 19.5 Å². The third-order valence-corrected chi connectivity index (χ3v) is 3.76. The first-order valence-corrected chi connectivity index (χ1v) is 8.08. The molecule has 0 amide bonds. The van der Waals surface area contributed by atoms with Crippen LogP contribution in [0.4, 0.5) is 0 Å². The van der Waals surface area contributed by atoms with Crippen molar-refractivity contribution in [2.24, 2.45) is 0 Å². The Morgan fingerprint density at radius 3 is 2.71 bits per heavy atom. The third-order valence-electron chi connectivity index (χ3n) is 3.76. The van der Waals surface area contributed by atoms with E-state index >= 15 is 0 Å². The average Bonchev–Trinajstić information content (AvgIpc) is 2.85. The van der Waals surface area contributed by atoms with Crippen molar-refractivity contribution in [1.82, 2.24) is 5.32 Å². The molecule has 0 saturated carbocycles. The zero-order valence-electron chi connectivity index (χ0n) is 13.3. The molecule has 0 saturated heterocycles. The maximum Gasteiger partial charge on any atom is 0.135 e. The van der Waals surface area contributed by atoms with E-state index in [9.17, 15) is 0 Å². The van der Waals surface area contributed by atoms with Crippen LogP contribution in [0.15, 0.2) is 28.7 Å². The lowest BCUT2D eigenvalue weighted by Crippen LogP contribution is -2.07. The molecule has 0 bridgehead atoms. The Bertz CT molecular complexity index is 533. The van der Waals surface area contributed by atoms with Gasteiger partial charge in [-0.1, -0.05) is 50.8 Å². The van der Waals surface area contributed by atoms with E-state index < -0.39 is 0 Å². The molecule has 2 aromatic rings. The number of para-hydroxylation sites is 1. The van der Waals surface area contributed by atoms with Gasteiger partial charge >= 0.3 is 0 Å². The topological polar surface area (TPSA) is 34.4 Å². The molecule has 0 fully saturated rings. The minimum atomic E-state index is 0.569. The first-order valence-electron chi connectivity index (χ1n) is 8.08. The molecule has 2 rings (SSSR count). The van der Waals surface area contributed by atoms with Crippen LogP contribution in [0.2, 0.25) is 0 Å². The molecular formula is C18H27NO2. The number of unbranched alkanes of at least 4 members (excludes halogenated alkanes) is 4. The molecule has 3 heteroatoms. The standard InChI is InChI=1S/C18H27NO2/c1-3-4-5-6-9-12-20-14-18-16(13-19-2)15-10-7-8-11-17(15)21-18/h7-8,10-11,19H,3-6,9,12-14H2,1-2H3. The molecule has 0 spiro atoms. The second kappa shape index (κ2) is 8.85. The van der Waals surface area contributed by atoms with Crippen molar-refractivity contribution in [3.05, 3.63) is 35.6 Å². The molecule has 3 nitrogen and oxygen atoms in total. The average molecular weight is 289 g/mol. The zero-order chi connectivity index (χ0) is 14.9. The van der Waals surface area contributed by atoms with Crippen molar-refractivity contribution in [1.29, 1.82) is 0 Å². The van der Waals surface area contributed by atoms with E-state index in [-0.39, 0.29) is 0 Å². The van der Waals surface area contributed by atoms with Gasteiger partial charge in [-0.25, -0.2) is 0 Å². The van der Waals surface area contributed by atoms with Crippen LogP contribution in [0.3, 0.4) is 0 Å². The van der Waals surface area contributed by atoms with Gasteiger partial charge in [-0.2, -0.15) is 0 Å². The van der Waals surface area contributed by atoms with Crippen molar-refractivity contribution < 1.29 is 9.15 Å². The lowest BCUT2D eigenvalue weighted by Gasteiger charge is -2.05. The van der Waals surface area contributed by atoms with Crippen LogP contribution in [0, 0.1) is 0 Å². The van der Waals surface area contributed by atoms with Gasteiger partial charge in [0.25, 0.3) is 0 Å². The van der Waals surface area contributed by atoms with Crippen LogP contribution < -0.4 is 5.32 Å². The molecule has 0 atom stereocenters. The van der Waals surface area contributed by atoms with Gasteiger partial charge in [0.1, 0.15) is 18.0 Å². The number of fused-ring (bicyclic) bond motifs is 1. The molecule has 116 valence electrons. The molecule has 1 N–H and O–H groups in total. The van der Waals surface area contributed by atoms with Gasteiger partial charge < -0.3 is 14.5 Å².